The van der Waals surface area contributed by atoms with Crippen LogP contribution in [0, 0.1) is 13.8 Å². The zero-order valence-electron chi connectivity index (χ0n) is 38.1. The maximum Gasteiger partial charge on any atom is -0.0972 e. The third kappa shape index (κ3) is 32.7. The zero-order valence-corrected chi connectivity index (χ0v) is 53.7. The van der Waals surface area contributed by atoms with Crippen molar-refractivity contribution in [3.05, 3.63) is 219 Å². The first-order valence-electron chi connectivity index (χ1n) is 21.3. The number of nitrogens with two attached hydrogens (primary N) is 1. The first-order valence-corrected chi connectivity index (χ1v) is 32.2. The van der Waals surface area contributed by atoms with Crippen molar-refractivity contribution in [1.82, 2.24) is 0 Å². The second-order valence-corrected chi connectivity index (χ2v) is 21.4. The SMILES string of the molecule is C=Cc1ccc(CC([CH2-])[PH+](c2ccccc2)c2ccccc2)cc1.C=Cc1ccc(CC([CH2-])[PH+](c2ccccc2)c2ccccc2)cc1.NCCO.SCCCS.[Au+].[Au].[Cl][Au].[Cl][Au].[S-]CCC[S-]. The maximum atomic E-state index is 7.75. The number of thiol groups is 2. The van der Waals surface area contributed by atoms with Crippen LogP contribution in [-0.4, -0.2) is 52.6 Å². The monoisotopic (exact) mass is 1790 g/mol. The first kappa shape index (κ1) is 72.8. The Labute approximate surface area is 499 Å². The molecule has 6 rings (SSSR count). The average Bonchev–Trinajstić information content (AvgIpc) is 3.38. The van der Waals surface area contributed by atoms with Gasteiger partial charge in [0, 0.05) is 44.8 Å². The number of benzene rings is 6. The third-order valence-corrected chi connectivity index (χ3v) is 16.4. The predicted octanol–water partition coefficient (Wildman–Crippen LogP) is 11.9. The molecule has 0 aliphatic rings. The van der Waals surface area contributed by atoms with Crippen molar-refractivity contribution in [2.75, 3.05) is 36.2 Å². The smallest absolute Gasteiger partial charge is 0.0972 e. The van der Waals surface area contributed by atoms with Gasteiger partial charge in [0.15, 0.2) is 0 Å². The summed E-state index contributed by atoms with van der Waals surface area (Å²) in [5.41, 5.74) is 10.5. The number of hydrogen-bond donors (Lipinski definition) is 4. The standard InChI is InChI=1S/2C23H22P.2C3H8S2.C2H7NO.4Au.2ClH/c2*1-3-20-14-16-21(17-15-20)18-19(2)24(22-10-6-4-7-11-22)23-12-8-5-9-13-23;2*4-2-1-3-5;3-1-2-4;;;;;;/h2*3-17,19H,1-2,18H2;2*4-5H,1-3H2;4H,1-3H2;;;;;2*1H/q2*-1;;;;;3*+1;;/p-2. The summed E-state index contributed by atoms with van der Waals surface area (Å²) in [4.78, 5) is 0. The van der Waals surface area contributed by atoms with Crippen molar-refractivity contribution in [1.29, 1.82) is 0 Å². The molecular weight excluding hydrogens is 1730 g/mol. The van der Waals surface area contributed by atoms with Gasteiger partial charge in [-0.15, -0.1) is 0 Å². The molecule has 0 aliphatic carbocycles. The Kier molecular flexibility index (Phi) is 54.6. The van der Waals surface area contributed by atoms with Gasteiger partial charge in [0.2, 0.25) is 0 Å². The average molecular weight is 1800 g/mol. The Morgan fingerprint density at radius 1 is 0.544 bits per heavy atom. The van der Waals surface area contributed by atoms with E-state index < -0.39 is 15.8 Å². The minimum Gasteiger partial charge on any atom is -0.793 e. The molecule has 68 heavy (non-hydrogen) atoms. The zero-order chi connectivity index (χ0) is 49.2. The van der Waals surface area contributed by atoms with Crippen LogP contribution in [0.3, 0.4) is 0 Å². The fourth-order valence-electron chi connectivity index (χ4n) is 6.23. The van der Waals surface area contributed by atoms with E-state index in [0.717, 1.165) is 59.8 Å². The van der Waals surface area contributed by atoms with Crippen molar-refractivity contribution >= 4 is 118 Å². The van der Waals surface area contributed by atoms with E-state index in [4.69, 9.17) is 10.8 Å². The Morgan fingerprint density at radius 3 is 0.956 bits per heavy atom. The van der Waals surface area contributed by atoms with E-state index in [0.29, 0.717) is 17.9 Å². The predicted molar refractivity (Wildman–Crippen MR) is 309 cm³/mol. The molecule has 0 saturated carbocycles. The molecule has 3 N–H and O–H groups in total. The van der Waals surface area contributed by atoms with E-state index in [2.05, 4.69) is 266 Å². The van der Waals surface area contributed by atoms with Crippen LogP contribution < -0.4 is 27.0 Å². The van der Waals surface area contributed by atoms with Gasteiger partial charge in [-0.1, -0.05) is 153 Å². The normalized spacial score (nSPS) is 10.4. The summed E-state index contributed by atoms with van der Waals surface area (Å²) in [6.45, 7) is 17.2. The van der Waals surface area contributed by atoms with E-state index >= 15 is 0 Å². The molecule has 387 valence electrons. The summed E-state index contributed by atoms with van der Waals surface area (Å²) >= 11 is 20.6. The molecule has 6 aromatic carbocycles. The minimum atomic E-state index is -0.922. The summed E-state index contributed by atoms with van der Waals surface area (Å²) in [5.74, 6) is 3.57. The van der Waals surface area contributed by atoms with E-state index in [1.807, 2.05) is 12.2 Å². The minimum absolute atomic E-state index is 0. The molecule has 2 atom stereocenters. The van der Waals surface area contributed by atoms with Crippen LogP contribution in [-0.2, 0) is 123 Å². The summed E-state index contributed by atoms with van der Waals surface area (Å²) in [5, 5.41) is 13.5. The number of aliphatic hydroxyl groups excluding tert-OH is 1. The van der Waals surface area contributed by atoms with Crippen molar-refractivity contribution in [3.8, 4) is 0 Å². The Bertz CT molecular complexity index is 1780. The molecule has 0 bridgehead atoms. The molecule has 1 radical (unpaired) electrons. The quantitative estimate of drug-likeness (QED) is 0.0242. The molecule has 0 fully saturated rings. The molecule has 0 aliphatic heterocycles. The molecule has 0 saturated heterocycles. The fourth-order valence-corrected chi connectivity index (χ4v) is 12.9. The van der Waals surface area contributed by atoms with Gasteiger partial charge in [-0.05, 0) is 113 Å². The summed E-state index contributed by atoms with van der Waals surface area (Å²) < 4.78 is 0. The molecule has 6 aromatic rings. The van der Waals surface area contributed by atoms with Gasteiger partial charge in [0.25, 0.3) is 0 Å². The van der Waals surface area contributed by atoms with Gasteiger partial charge in [0.1, 0.15) is 0 Å². The van der Waals surface area contributed by atoms with Crippen LogP contribution in [0.1, 0.15) is 35.1 Å². The van der Waals surface area contributed by atoms with Crippen LogP contribution in [0.5, 0.6) is 0 Å². The van der Waals surface area contributed by atoms with Crippen LogP contribution in [0.25, 0.3) is 12.2 Å². The molecular formula is C54H67Au4Cl2NOP2S4-. The molecule has 0 spiro atoms. The van der Waals surface area contributed by atoms with Crippen molar-refractivity contribution < 1.29 is 89.8 Å². The van der Waals surface area contributed by atoms with Gasteiger partial charge < -0.3 is 49.9 Å². The number of hydrogen-bond acceptors (Lipinski definition) is 6. The van der Waals surface area contributed by atoms with Gasteiger partial charge in [-0.2, -0.15) is 36.8 Å². The fraction of sp³-hybridized carbons (Fsp3) is 0.222. The van der Waals surface area contributed by atoms with E-state index in [1.165, 1.54) is 32.3 Å². The molecule has 0 heterocycles. The summed E-state index contributed by atoms with van der Waals surface area (Å²) in [6, 6.07) is 60.7. The molecule has 14 heteroatoms. The Balaban J connectivity index is -0.000000901. The maximum absolute atomic E-state index is 7.75. The van der Waals surface area contributed by atoms with E-state index in [9.17, 15) is 0 Å². The molecule has 0 aromatic heterocycles. The Morgan fingerprint density at radius 2 is 0.794 bits per heavy atom. The molecule has 2 nitrogen and oxygen atoms in total. The van der Waals surface area contributed by atoms with Crippen molar-refractivity contribution in [2.45, 2.75) is 37.0 Å². The van der Waals surface area contributed by atoms with Crippen molar-refractivity contribution in [3.63, 3.8) is 0 Å². The first-order chi connectivity index (χ1) is 32.3. The summed E-state index contributed by atoms with van der Waals surface area (Å²) in [7, 11) is 7.32. The van der Waals surface area contributed by atoms with Gasteiger partial charge in [-0.3, -0.25) is 0 Å². The second kappa shape index (κ2) is 51.0. The number of aliphatic hydroxyl groups is 1. The number of rotatable bonds is 17. The van der Waals surface area contributed by atoms with E-state index in [1.54, 1.807) is 40.0 Å². The molecule has 2 unspecified atom stereocenters. The van der Waals surface area contributed by atoms with Gasteiger partial charge in [0.05, 0.1) is 27.8 Å². The van der Waals surface area contributed by atoms with Crippen LogP contribution in [0.4, 0.5) is 0 Å². The van der Waals surface area contributed by atoms with Crippen LogP contribution in [0.2, 0.25) is 0 Å². The molecule has 0 amide bonds. The van der Waals surface area contributed by atoms with Crippen LogP contribution >= 0.6 is 59.5 Å². The number of halogens is 2. The Hall–Kier alpha value is 0.521. The largest absolute Gasteiger partial charge is 0.793 e. The van der Waals surface area contributed by atoms with Gasteiger partial charge >= 0.3 is 80.7 Å². The summed E-state index contributed by atoms with van der Waals surface area (Å²) in [6.07, 6.45) is 7.89. The second-order valence-electron chi connectivity index (χ2n) is 14.1. The third-order valence-electron chi connectivity index (χ3n) is 9.28. The van der Waals surface area contributed by atoms with Crippen LogP contribution in [0.15, 0.2) is 183 Å². The van der Waals surface area contributed by atoms with Crippen molar-refractivity contribution in [2.24, 2.45) is 5.73 Å². The van der Waals surface area contributed by atoms with E-state index in [-0.39, 0.29) is 51.4 Å². The topological polar surface area (TPSA) is 46.2 Å². The van der Waals surface area contributed by atoms with Gasteiger partial charge in [-0.25, -0.2) is 0 Å².